The summed E-state index contributed by atoms with van der Waals surface area (Å²) in [5.41, 5.74) is 12.2. The fourth-order valence-electron chi connectivity index (χ4n) is 11.3. The molecule has 3 aromatic heterocycles. The minimum atomic E-state index is -1.35. The van der Waals surface area contributed by atoms with Crippen molar-refractivity contribution < 1.29 is 48.6 Å². The first-order chi connectivity index (χ1) is 44.7. The highest BCUT2D eigenvalue weighted by Gasteiger charge is 2.22. The monoisotopic (exact) mass is 1350 g/mol. The number of hydrogen-bond donors (Lipinski definition) is 7. The molecule has 2 aliphatic carbocycles. The van der Waals surface area contributed by atoms with Gasteiger partial charge in [0.25, 0.3) is 0 Å². The number of aryl methyl sites for hydroxylation is 3. The summed E-state index contributed by atoms with van der Waals surface area (Å²) in [7, 11) is 4.30. The minimum absolute atomic E-state index is 0.0626. The van der Waals surface area contributed by atoms with Crippen molar-refractivity contribution in [3.05, 3.63) is 184 Å². The van der Waals surface area contributed by atoms with Crippen molar-refractivity contribution in [1.82, 2.24) is 35.0 Å². The number of likely N-dealkylation sites (N-methyl/N-ethyl adjacent to an activating group) is 2. The van der Waals surface area contributed by atoms with E-state index in [1.165, 1.54) is 82.4 Å². The van der Waals surface area contributed by atoms with Crippen LogP contribution < -0.4 is 16.1 Å². The average Bonchev–Trinajstić information content (AvgIpc) is 1.67. The summed E-state index contributed by atoms with van der Waals surface area (Å²) in [5, 5.41) is 34.7. The Morgan fingerprint density at radius 3 is 1.56 bits per heavy atom. The first kappa shape index (κ1) is 72.4. The molecule has 11 rings (SSSR count). The lowest BCUT2D eigenvalue weighted by molar-refractivity contribution is -0.121. The van der Waals surface area contributed by atoms with Gasteiger partial charge in [0.2, 0.25) is 11.8 Å². The number of halogens is 2. The van der Waals surface area contributed by atoms with Crippen LogP contribution in [-0.2, 0) is 25.6 Å². The van der Waals surface area contributed by atoms with Crippen LogP contribution >= 0.6 is 27.5 Å². The summed E-state index contributed by atoms with van der Waals surface area (Å²) >= 11 is 8.70. The molecule has 17 nitrogen and oxygen atoms in total. The molecule has 0 atom stereocenters. The van der Waals surface area contributed by atoms with Gasteiger partial charge in [-0.05, 0) is 138 Å². The maximum absolute atomic E-state index is 12.9. The number of ether oxygens (including phenoxy) is 2. The number of carboxylic acid groups (broad SMARTS) is 1. The summed E-state index contributed by atoms with van der Waals surface area (Å²) in [6, 6.07) is 48.2. The second kappa shape index (κ2) is 36.4. The lowest BCUT2D eigenvalue weighted by Gasteiger charge is -2.31. The number of rotatable bonds is 18. The van der Waals surface area contributed by atoms with Gasteiger partial charge >= 0.3 is 25.0 Å². The van der Waals surface area contributed by atoms with E-state index in [-0.39, 0.29) is 35.9 Å². The number of fused-ring (bicyclic) bond motifs is 3. The number of aromatic amines is 2. The second-order valence-corrected chi connectivity index (χ2v) is 24.9. The first-order valence-electron chi connectivity index (χ1n) is 31.8. The number of hydrogen-bond acceptors (Lipinski definition) is 11. The van der Waals surface area contributed by atoms with Gasteiger partial charge in [0, 0.05) is 75.4 Å². The maximum Gasteiger partial charge on any atom is 0.488 e. The van der Waals surface area contributed by atoms with E-state index in [2.05, 4.69) is 135 Å². The fourth-order valence-corrected chi connectivity index (χ4v) is 11.8. The van der Waals surface area contributed by atoms with E-state index in [4.69, 9.17) is 36.2 Å². The molecule has 2 amide bonds. The average molecular weight is 1350 g/mol. The van der Waals surface area contributed by atoms with Crippen LogP contribution in [0.5, 0.6) is 0 Å². The molecule has 6 aromatic carbocycles. The summed E-state index contributed by atoms with van der Waals surface area (Å²) in [4.78, 5) is 69.3. The van der Waals surface area contributed by atoms with Crippen molar-refractivity contribution in [2.24, 2.45) is 0 Å². The molecule has 93 heavy (non-hydrogen) atoms. The molecule has 2 saturated carbocycles. The summed E-state index contributed by atoms with van der Waals surface area (Å²) in [6.07, 6.45) is 13.1. The van der Waals surface area contributed by atoms with Crippen molar-refractivity contribution >= 4 is 103 Å². The standard InChI is InChI=1S/C28H35N3O3.C18H17NO2.C11H21ClN2O.C9H6BrNO2.C7H9BO2/c1-20-9-11-21(12-10-20)22-13-14-23-18-26(28(33)34-3)31(25(23)17-22)19-27(32)29-15-16-30(2)24-7-5-4-6-8-24;1-3-21-18(20)17-11-15-9-8-14(10-16(15)19-17)13-6-4-12(2)5-7-13;1-14(8-7-13-11(15)9-12)10-5-3-2-4-6-10;10-6-2-1-5-3-8(9(12)13)11-7(5)4-6;1-6-2-4-7(5-3-6)8(9)10/h9-14,17-18,24H,4-8,15-16,19H2,1-3H3,(H,29,32);4-11,19H,3H2,1-2H3;10H,2-9H2,1H3,(H,13,15);1-4,11H,(H,12,13);2-5,9-10H,1H3. The van der Waals surface area contributed by atoms with Gasteiger partial charge in [0.05, 0.1) is 13.7 Å². The number of carboxylic acids is 1. The predicted molar refractivity (Wildman–Crippen MR) is 378 cm³/mol. The molecule has 9 aromatic rings. The summed E-state index contributed by atoms with van der Waals surface area (Å²) in [5.74, 6) is -1.82. The molecule has 7 N–H and O–H groups in total. The Morgan fingerprint density at radius 2 is 1.05 bits per heavy atom. The van der Waals surface area contributed by atoms with Crippen LogP contribution in [0.15, 0.2) is 150 Å². The molecule has 0 saturated heterocycles. The van der Waals surface area contributed by atoms with E-state index >= 15 is 0 Å². The molecule has 0 aliphatic heterocycles. The second-order valence-electron chi connectivity index (χ2n) is 23.7. The van der Waals surface area contributed by atoms with Crippen LogP contribution in [0.4, 0.5) is 0 Å². The normalized spacial score (nSPS) is 13.1. The third-order valence-corrected chi connectivity index (χ3v) is 17.5. The number of aromatic carboxylic acids is 1. The number of nitrogens with one attached hydrogen (secondary N) is 4. The largest absolute Gasteiger partial charge is 0.488 e. The van der Waals surface area contributed by atoms with Crippen LogP contribution in [-0.4, -0.2) is 148 Å². The molecule has 2 fully saturated rings. The van der Waals surface area contributed by atoms with Crippen LogP contribution in [0.1, 0.15) is 119 Å². The summed E-state index contributed by atoms with van der Waals surface area (Å²) in [6.45, 7) is 11.4. The highest BCUT2D eigenvalue weighted by molar-refractivity contribution is 9.10. The van der Waals surface area contributed by atoms with Gasteiger partial charge < -0.3 is 59.6 Å². The SMILES string of the molecule is CCOC(=O)c1cc2ccc(-c3ccc(C)cc3)cc2[nH]1.CN(CCNC(=O)CCl)C1CCCCC1.COC(=O)c1cc2ccc(-c3ccc(C)cc3)cc2n1CC(=O)NCCN(C)C1CCCCC1.Cc1ccc(B(O)O)cc1.O=C(O)c1cc2ccc(Br)cc2[nH]1. The van der Waals surface area contributed by atoms with Crippen molar-refractivity contribution in [2.75, 3.05) is 59.9 Å². The molecule has 492 valence electrons. The van der Waals surface area contributed by atoms with Gasteiger partial charge in [0.15, 0.2) is 0 Å². The number of aromatic nitrogens is 3. The molecular formula is C73H88BBrClN7O10. The highest BCUT2D eigenvalue weighted by atomic mass is 79.9. The third-order valence-electron chi connectivity index (χ3n) is 16.8. The number of nitrogens with zero attached hydrogens (tertiary/aromatic N) is 3. The molecule has 20 heteroatoms. The van der Waals surface area contributed by atoms with Crippen molar-refractivity contribution in [2.45, 2.75) is 111 Å². The Balaban J connectivity index is 0.000000178. The van der Waals surface area contributed by atoms with Crippen LogP contribution in [0.3, 0.4) is 0 Å². The van der Waals surface area contributed by atoms with Crippen LogP contribution in [0.25, 0.3) is 55.0 Å². The van der Waals surface area contributed by atoms with Crippen LogP contribution in [0.2, 0.25) is 0 Å². The van der Waals surface area contributed by atoms with E-state index in [9.17, 15) is 24.0 Å². The predicted octanol–water partition coefficient (Wildman–Crippen LogP) is 13.0. The fraction of sp³-hybridized carbons (Fsp3) is 0.356. The maximum atomic E-state index is 12.9. The zero-order valence-corrected chi connectivity index (χ0v) is 56.7. The number of amides is 2. The zero-order valence-electron chi connectivity index (χ0n) is 54.4. The number of esters is 2. The third kappa shape index (κ3) is 22.0. The number of alkyl halides is 1. The van der Waals surface area contributed by atoms with E-state index in [1.807, 2.05) is 67.6 Å². The van der Waals surface area contributed by atoms with Gasteiger partial charge in [-0.1, -0.05) is 174 Å². The quantitative estimate of drug-likeness (QED) is 0.0242. The Kier molecular flexibility index (Phi) is 28.4. The highest BCUT2D eigenvalue weighted by Crippen LogP contribution is 2.30. The van der Waals surface area contributed by atoms with Crippen LogP contribution in [0, 0.1) is 20.8 Å². The number of carbonyl (C=O) groups is 5. The minimum Gasteiger partial charge on any atom is -0.477 e. The van der Waals surface area contributed by atoms with Crippen molar-refractivity contribution in [3.8, 4) is 22.3 Å². The molecular weight excluding hydrogens is 1260 g/mol. The van der Waals surface area contributed by atoms with Gasteiger partial charge in [-0.25, -0.2) is 14.4 Å². The Morgan fingerprint density at radius 1 is 0.591 bits per heavy atom. The van der Waals surface area contributed by atoms with E-state index in [1.54, 1.807) is 35.8 Å². The first-order valence-corrected chi connectivity index (χ1v) is 33.2. The summed E-state index contributed by atoms with van der Waals surface area (Å²) < 4.78 is 12.7. The number of H-pyrrole nitrogens is 2. The van der Waals surface area contributed by atoms with E-state index < -0.39 is 19.1 Å². The zero-order chi connectivity index (χ0) is 67.0. The molecule has 0 unspecified atom stereocenters. The molecule has 3 heterocycles. The van der Waals surface area contributed by atoms with Gasteiger partial charge in [-0.2, -0.15) is 0 Å². The Labute approximate surface area is 559 Å². The Bertz CT molecular complexity index is 3880. The Hall–Kier alpha value is -8.04. The number of methoxy groups -OCH3 is 1. The number of benzene rings is 6. The topological polar surface area (TPSA) is 232 Å². The lowest BCUT2D eigenvalue weighted by atomic mass is 9.80. The van der Waals surface area contributed by atoms with E-state index in [0.29, 0.717) is 48.6 Å². The van der Waals surface area contributed by atoms with Gasteiger partial charge in [-0.15, -0.1) is 11.6 Å². The van der Waals surface area contributed by atoms with Crippen molar-refractivity contribution in [3.63, 3.8) is 0 Å². The number of carbonyl (C=O) groups excluding carboxylic acids is 4. The molecule has 2 aliphatic rings. The van der Waals surface area contributed by atoms with Gasteiger partial charge in [0.1, 0.15) is 29.5 Å². The lowest BCUT2D eigenvalue weighted by Crippen LogP contribution is -2.40. The molecule has 0 radical (unpaired) electrons. The molecule has 0 spiro atoms. The van der Waals surface area contributed by atoms with Gasteiger partial charge in [-0.3, -0.25) is 9.59 Å². The molecule has 0 bridgehead atoms. The van der Waals surface area contributed by atoms with Crippen molar-refractivity contribution in [1.29, 1.82) is 0 Å². The smallest absolute Gasteiger partial charge is 0.477 e. The van der Waals surface area contributed by atoms with E-state index in [0.717, 1.165) is 78.1 Å².